The van der Waals surface area contributed by atoms with Crippen molar-refractivity contribution in [1.82, 2.24) is 0 Å². The molecule has 0 saturated heterocycles. The van der Waals surface area contributed by atoms with E-state index < -0.39 is 24.1 Å². The van der Waals surface area contributed by atoms with Gasteiger partial charge >= 0.3 is 6.18 Å². The first-order valence-corrected chi connectivity index (χ1v) is 8.55. The lowest BCUT2D eigenvalue weighted by Crippen LogP contribution is -2.42. The summed E-state index contributed by atoms with van der Waals surface area (Å²) >= 11 is 17.6. The second-order valence-electron chi connectivity index (χ2n) is 5.83. The maximum absolute atomic E-state index is 13.9. The van der Waals surface area contributed by atoms with E-state index in [1.807, 2.05) is 0 Å². The number of hydrogen-bond donors (Lipinski definition) is 1. The van der Waals surface area contributed by atoms with Crippen LogP contribution in [-0.4, -0.2) is 17.8 Å². The maximum Gasteiger partial charge on any atom is 0.435 e. The molecule has 1 atom stereocenters. The summed E-state index contributed by atoms with van der Waals surface area (Å²) in [6.07, 6.45) is -5.42. The van der Waals surface area contributed by atoms with Gasteiger partial charge in [0, 0.05) is 17.5 Å². The van der Waals surface area contributed by atoms with Crippen molar-refractivity contribution in [1.29, 1.82) is 0 Å². The topological polar surface area (TPSA) is 64.7 Å². The third kappa shape index (κ3) is 3.47. The zero-order valence-corrected chi connectivity index (χ0v) is 15.5. The molecule has 0 aliphatic carbocycles. The highest BCUT2D eigenvalue weighted by molar-refractivity contribution is 6.48. The van der Waals surface area contributed by atoms with E-state index in [2.05, 4.69) is 5.16 Å². The zero-order valence-electron chi connectivity index (χ0n) is 13.3. The predicted octanol–water partition coefficient (Wildman–Crippen LogP) is 5.33. The number of halogens is 6. The number of alkyl halides is 3. The second-order valence-corrected chi connectivity index (χ2v) is 7.02. The van der Waals surface area contributed by atoms with Crippen LogP contribution in [-0.2, 0) is 10.4 Å². The van der Waals surface area contributed by atoms with Gasteiger partial charge in [0.05, 0.1) is 20.8 Å². The van der Waals surface area contributed by atoms with E-state index in [1.165, 1.54) is 24.3 Å². The molecule has 1 amide bonds. The summed E-state index contributed by atoms with van der Waals surface area (Å²) in [5, 5.41) is 3.30. The van der Waals surface area contributed by atoms with Gasteiger partial charge in [0.15, 0.2) is 0 Å². The summed E-state index contributed by atoms with van der Waals surface area (Å²) in [5.74, 6) is -0.652. The normalized spacial score (nSPS) is 19.6. The molecule has 4 nitrogen and oxygen atoms in total. The zero-order chi connectivity index (χ0) is 20.0. The average molecular weight is 438 g/mol. The van der Waals surface area contributed by atoms with Gasteiger partial charge in [-0.05, 0) is 29.8 Å². The highest BCUT2D eigenvalue weighted by atomic mass is 35.5. The molecule has 10 heteroatoms. The number of amides is 1. The van der Waals surface area contributed by atoms with Gasteiger partial charge in [0.1, 0.15) is 0 Å². The Balaban J connectivity index is 2.01. The summed E-state index contributed by atoms with van der Waals surface area (Å²) in [6.45, 7) is 0. The highest BCUT2D eigenvalue weighted by Gasteiger charge is 2.62. The predicted molar refractivity (Wildman–Crippen MR) is 96.4 cm³/mol. The number of carbonyl (C=O) groups excluding carboxylic acids is 1. The smallest absolute Gasteiger partial charge is 0.374 e. The fourth-order valence-electron chi connectivity index (χ4n) is 2.67. The molecule has 1 aliphatic heterocycles. The Morgan fingerprint density at radius 2 is 1.67 bits per heavy atom. The van der Waals surface area contributed by atoms with Gasteiger partial charge in [-0.3, -0.25) is 4.79 Å². The number of hydrogen-bond acceptors (Lipinski definition) is 3. The van der Waals surface area contributed by atoms with Crippen LogP contribution in [0.5, 0.6) is 0 Å². The lowest BCUT2D eigenvalue weighted by atomic mass is 9.86. The molecule has 1 aliphatic rings. The second kappa shape index (κ2) is 6.89. The number of rotatable bonds is 3. The molecular weight excluding hydrogens is 428 g/mol. The number of nitrogens with two attached hydrogens (primary N) is 1. The third-order valence-corrected chi connectivity index (χ3v) is 5.34. The molecule has 0 bridgehead atoms. The van der Waals surface area contributed by atoms with Crippen LogP contribution in [0.2, 0.25) is 15.1 Å². The monoisotopic (exact) mass is 436 g/mol. The first-order chi connectivity index (χ1) is 12.5. The molecule has 2 aromatic carbocycles. The van der Waals surface area contributed by atoms with E-state index in [4.69, 9.17) is 45.4 Å². The van der Waals surface area contributed by atoms with Crippen LogP contribution in [0.25, 0.3) is 0 Å². The standard InChI is InChI=1S/C17H10Cl3F3N2O2/c18-11-5-10(6-12(19)14(11)20)16(17(21,22)23)7-13(25-27-16)8-1-3-9(4-2-8)15(24)26/h1-6H,7H2,(H2,24,26). The number of carbonyl (C=O) groups is 1. The van der Waals surface area contributed by atoms with Gasteiger partial charge in [-0.1, -0.05) is 52.1 Å². The van der Waals surface area contributed by atoms with Gasteiger partial charge < -0.3 is 10.6 Å². The summed E-state index contributed by atoms with van der Waals surface area (Å²) in [6, 6.07) is 7.77. The molecule has 0 aromatic heterocycles. The van der Waals surface area contributed by atoms with Crippen molar-refractivity contribution in [3.63, 3.8) is 0 Å². The van der Waals surface area contributed by atoms with Crippen LogP contribution < -0.4 is 5.73 Å². The van der Waals surface area contributed by atoms with Gasteiger partial charge in [0.25, 0.3) is 5.60 Å². The van der Waals surface area contributed by atoms with Gasteiger partial charge in [-0.15, -0.1) is 0 Å². The first kappa shape index (κ1) is 19.8. The van der Waals surface area contributed by atoms with Crippen molar-refractivity contribution in [3.8, 4) is 0 Å². The third-order valence-electron chi connectivity index (χ3n) is 4.14. The van der Waals surface area contributed by atoms with Crippen LogP contribution in [0.1, 0.15) is 27.9 Å². The lowest BCUT2D eigenvalue weighted by Gasteiger charge is -2.29. The Bertz CT molecular complexity index is 922. The Morgan fingerprint density at radius 1 is 1.11 bits per heavy atom. The first-order valence-electron chi connectivity index (χ1n) is 7.42. The Morgan fingerprint density at radius 3 is 2.15 bits per heavy atom. The van der Waals surface area contributed by atoms with Crippen molar-refractivity contribution < 1.29 is 22.8 Å². The summed E-state index contributed by atoms with van der Waals surface area (Å²) < 4.78 is 41.8. The minimum atomic E-state index is -4.81. The molecule has 2 aromatic rings. The van der Waals surface area contributed by atoms with Gasteiger partial charge in [0.2, 0.25) is 5.91 Å². The largest absolute Gasteiger partial charge is 0.435 e. The van der Waals surface area contributed by atoms with Gasteiger partial charge in [-0.25, -0.2) is 0 Å². The van der Waals surface area contributed by atoms with Crippen molar-refractivity contribution in [3.05, 3.63) is 68.2 Å². The van der Waals surface area contributed by atoms with E-state index in [9.17, 15) is 18.0 Å². The summed E-state index contributed by atoms with van der Waals surface area (Å²) in [4.78, 5) is 16.0. The fraction of sp³-hybridized carbons (Fsp3) is 0.176. The number of primary amides is 1. The van der Waals surface area contributed by atoms with E-state index in [1.54, 1.807) is 0 Å². The molecule has 1 unspecified atom stereocenters. The van der Waals surface area contributed by atoms with Crippen molar-refractivity contribution in [2.75, 3.05) is 0 Å². The quantitative estimate of drug-likeness (QED) is 0.660. The molecule has 0 spiro atoms. The van der Waals surface area contributed by atoms with Crippen molar-refractivity contribution >= 4 is 46.4 Å². The number of nitrogens with zero attached hydrogens (tertiary/aromatic N) is 1. The molecule has 1 heterocycles. The van der Waals surface area contributed by atoms with Crippen LogP contribution in [0, 0.1) is 0 Å². The van der Waals surface area contributed by atoms with Crippen LogP contribution >= 0.6 is 34.8 Å². The lowest BCUT2D eigenvalue weighted by molar-refractivity contribution is -0.275. The van der Waals surface area contributed by atoms with E-state index in [0.29, 0.717) is 5.56 Å². The Kier molecular flexibility index (Phi) is 5.05. The van der Waals surface area contributed by atoms with E-state index in [-0.39, 0.29) is 31.9 Å². The van der Waals surface area contributed by atoms with Crippen LogP contribution in [0.3, 0.4) is 0 Å². The molecule has 0 saturated carbocycles. The van der Waals surface area contributed by atoms with Crippen molar-refractivity contribution in [2.45, 2.75) is 18.2 Å². The molecule has 2 N–H and O–H groups in total. The average Bonchev–Trinajstić information content (AvgIpc) is 3.06. The summed E-state index contributed by atoms with van der Waals surface area (Å²) in [5.41, 5.74) is 2.70. The molecule has 142 valence electrons. The maximum atomic E-state index is 13.9. The minimum absolute atomic E-state index is 0.0468. The molecule has 0 fully saturated rings. The fourth-order valence-corrected chi connectivity index (χ4v) is 3.27. The van der Waals surface area contributed by atoms with E-state index >= 15 is 0 Å². The van der Waals surface area contributed by atoms with Crippen LogP contribution in [0.15, 0.2) is 41.6 Å². The summed E-state index contributed by atoms with van der Waals surface area (Å²) in [7, 11) is 0. The Labute approximate surface area is 166 Å². The number of oxime groups is 1. The number of benzene rings is 2. The molecule has 3 rings (SSSR count). The Hall–Kier alpha value is -1.96. The van der Waals surface area contributed by atoms with Crippen LogP contribution in [0.4, 0.5) is 13.2 Å². The van der Waals surface area contributed by atoms with Gasteiger partial charge in [-0.2, -0.15) is 13.2 Å². The molecule has 0 radical (unpaired) electrons. The minimum Gasteiger partial charge on any atom is -0.374 e. The molecular formula is C17H10Cl3F3N2O2. The van der Waals surface area contributed by atoms with Crippen molar-refractivity contribution in [2.24, 2.45) is 10.9 Å². The SMILES string of the molecule is NC(=O)c1ccc(C2=NOC(c3cc(Cl)c(Cl)c(Cl)c3)(C(F)(F)F)C2)cc1. The molecule has 27 heavy (non-hydrogen) atoms. The highest BCUT2D eigenvalue weighted by Crippen LogP contribution is 2.50. The van der Waals surface area contributed by atoms with E-state index in [0.717, 1.165) is 12.1 Å².